The average Bonchev–Trinajstić information content (AvgIpc) is 2.89. The summed E-state index contributed by atoms with van der Waals surface area (Å²) in [6.45, 7) is 5.66. The number of carbonyl (C=O) groups excluding carboxylic acids is 1. The van der Waals surface area contributed by atoms with Gasteiger partial charge in [-0.1, -0.05) is 13.8 Å². The maximum Gasteiger partial charge on any atom is 0.260 e. The van der Waals surface area contributed by atoms with E-state index in [1.165, 1.54) is 12.1 Å². The third-order valence-corrected chi connectivity index (χ3v) is 2.45. The largest absolute Gasteiger partial charge is 0.326 e. The summed E-state index contributed by atoms with van der Waals surface area (Å²) in [7, 11) is 0. The van der Waals surface area contributed by atoms with Gasteiger partial charge in [-0.3, -0.25) is 4.79 Å². The Morgan fingerprint density at radius 2 is 1.89 bits per heavy atom. The third kappa shape index (κ3) is 3.48. The van der Waals surface area contributed by atoms with Gasteiger partial charge in [0.1, 0.15) is 11.7 Å². The number of anilines is 1. The van der Waals surface area contributed by atoms with Crippen molar-refractivity contribution in [3.05, 3.63) is 29.6 Å². The van der Waals surface area contributed by atoms with Crippen molar-refractivity contribution in [1.29, 1.82) is 0 Å². The molecular weight excluding hydrogens is 243 g/mol. The molecule has 1 aliphatic rings. The molecule has 1 saturated carbocycles. The van der Waals surface area contributed by atoms with E-state index in [2.05, 4.69) is 5.32 Å². The topological polar surface area (TPSA) is 29.1 Å². The van der Waals surface area contributed by atoms with E-state index in [9.17, 15) is 18.0 Å². The smallest absolute Gasteiger partial charge is 0.260 e. The summed E-state index contributed by atoms with van der Waals surface area (Å²) in [5, 5.41) is 2.28. The summed E-state index contributed by atoms with van der Waals surface area (Å²) in [6.07, 6.45) is -0.423. The second kappa shape index (κ2) is 5.42. The Morgan fingerprint density at radius 1 is 1.33 bits per heavy atom. The third-order valence-electron chi connectivity index (χ3n) is 2.45. The van der Waals surface area contributed by atoms with Crippen LogP contribution in [-0.2, 0) is 4.79 Å². The molecule has 5 heteroatoms. The van der Waals surface area contributed by atoms with Crippen LogP contribution in [-0.4, -0.2) is 11.8 Å². The first kappa shape index (κ1) is 14.5. The highest BCUT2D eigenvalue weighted by Crippen LogP contribution is 2.49. The van der Waals surface area contributed by atoms with E-state index in [4.69, 9.17) is 0 Å². The van der Waals surface area contributed by atoms with E-state index < -0.39 is 30.0 Å². The van der Waals surface area contributed by atoms with Crippen molar-refractivity contribution in [3.8, 4) is 0 Å². The number of amides is 1. The summed E-state index contributed by atoms with van der Waals surface area (Å²) in [6, 6.07) is 3.92. The van der Waals surface area contributed by atoms with E-state index in [0.29, 0.717) is 5.56 Å². The van der Waals surface area contributed by atoms with Crippen molar-refractivity contribution >= 4 is 11.6 Å². The van der Waals surface area contributed by atoms with E-state index in [-0.39, 0.29) is 5.69 Å². The van der Waals surface area contributed by atoms with Gasteiger partial charge in [0, 0.05) is 12.1 Å². The fourth-order valence-corrected chi connectivity index (χ4v) is 1.54. The number of nitrogens with one attached hydrogen (secondary N) is 1. The summed E-state index contributed by atoms with van der Waals surface area (Å²) >= 11 is 0. The zero-order valence-electron chi connectivity index (χ0n) is 10.6. The van der Waals surface area contributed by atoms with Crippen LogP contribution in [0.5, 0.6) is 0 Å². The first-order valence-electron chi connectivity index (χ1n) is 5.84. The lowest BCUT2D eigenvalue weighted by atomic mass is 10.2. The van der Waals surface area contributed by atoms with Crippen molar-refractivity contribution in [2.75, 3.05) is 5.32 Å². The number of rotatable bonds is 2. The molecule has 18 heavy (non-hydrogen) atoms. The minimum Gasteiger partial charge on any atom is -0.326 e. The fraction of sp³-hybridized carbons (Fsp3) is 0.462. The van der Waals surface area contributed by atoms with Crippen molar-refractivity contribution in [2.45, 2.75) is 33.1 Å². The monoisotopic (exact) mass is 259 g/mol. The number of aryl methyl sites for hydroxylation is 1. The molecule has 1 amide bonds. The molecular formula is C13H16F3NO. The van der Waals surface area contributed by atoms with Gasteiger partial charge in [-0.15, -0.1) is 0 Å². The molecule has 100 valence electrons. The van der Waals surface area contributed by atoms with E-state index in [1.807, 2.05) is 13.8 Å². The maximum atomic E-state index is 12.9. The number of alkyl halides is 2. The Labute approximate surface area is 104 Å². The number of benzene rings is 1. The van der Waals surface area contributed by atoms with Crippen LogP contribution in [0.1, 0.15) is 25.8 Å². The maximum absolute atomic E-state index is 12.9. The summed E-state index contributed by atoms with van der Waals surface area (Å²) in [5.74, 6) is -5.42. The second-order valence-corrected chi connectivity index (χ2v) is 4.02. The lowest BCUT2D eigenvalue weighted by Crippen LogP contribution is -2.17. The fourth-order valence-electron chi connectivity index (χ4n) is 1.54. The number of hydrogen-bond acceptors (Lipinski definition) is 1. The van der Waals surface area contributed by atoms with Gasteiger partial charge in [0.25, 0.3) is 5.92 Å². The lowest BCUT2D eigenvalue weighted by molar-refractivity contribution is -0.119. The minimum absolute atomic E-state index is 0.213. The molecule has 1 fully saturated rings. The van der Waals surface area contributed by atoms with Crippen molar-refractivity contribution in [2.24, 2.45) is 5.92 Å². The standard InChI is InChI=1S/C11H10F3NO.C2H6/c1-6-2-7(12)4-8(3-6)15-10(16)9-5-11(9,13)14;1-2/h2-4,9H,5H2,1H3,(H,15,16);1-2H3. The number of hydrogen-bond donors (Lipinski definition) is 1. The van der Waals surface area contributed by atoms with Crippen LogP contribution in [0, 0.1) is 18.7 Å². The van der Waals surface area contributed by atoms with Gasteiger partial charge in [0.05, 0.1) is 0 Å². The second-order valence-electron chi connectivity index (χ2n) is 4.02. The molecule has 0 saturated heterocycles. The SMILES string of the molecule is CC.Cc1cc(F)cc(NC(=O)C2CC2(F)F)c1. The number of halogens is 3. The quantitative estimate of drug-likeness (QED) is 0.861. The highest BCUT2D eigenvalue weighted by Gasteiger charge is 2.61. The highest BCUT2D eigenvalue weighted by molar-refractivity contribution is 5.95. The van der Waals surface area contributed by atoms with Crippen LogP contribution in [0.15, 0.2) is 18.2 Å². The van der Waals surface area contributed by atoms with Gasteiger partial charge in [-0.2, -0.15) is 0 Å². The molecule has 1 unspecified atom stereocenters. The summed E-state index contributed by atoms with van der Waals surface area (Å²) < 4.78 is 38.1. The Hall–Kier alpha value is -1.52. The molecule has 1 aromatic carbocycles. The molecule has 0 heterocycles. The van der Waals surface area contributed by atoms with Gasteiger partial charge in [0.15, 0.2) is 0 Å². The first-order valence-corrected chi connectivity index (χ1v) is 5.84. The number of carbonyl (C=O) groups is 1. The Bertz CT molecular complexity index is 426. The van der Waals surface area contributed by atoms with Crippen LogP contribution in [0.3, 0.4) is 0 Å². The molecule has 0 radical (unpaired) electrons. The highest BCUT2D eigenvalue weighted by atomic mass is 19.3. The zero-order chi connectivity index (χ0) is 13.9. The Kier molecular flexibility index (Phi) is 4.38. The van der Waals surface area contributed by atoms with Gasteiger partial charge in [-0.25, -0.2) is 13.2 Å². The van der Waals surface area contributed by atoms with Gasteiger partial charge < -0.3 is 5.32 Å². The van der Waals surface area contributed by atoms with E-state index in [1.54, 1.807) is 6.92 Å². The molecule has 0 aromatic heterocycles. The molecule has 0 bridgehead atoms. The molecule has 2 nitrogen and oxygen atoms in total. The van der Waals surface area contributed by atoms with Crippen LogP contribution in [0.25, 0.3) is 0 Å². The van der Waals surface area contributed by atoms with Crippen LogP contribution in [0.4, 0.5) is 18.9 Å². The normalized spacial score (nSPS) is 19.6. The van der Waals surface area contributed by atoms with Crippen LogP contribution in [0.2, 0.25) is 0 Å². The van der Waals surface area contributed by atoms with E-state index in [0.717, 1.165) is 6.07 Å². The average molecular weight is 259 g/mol. The lowest BCUT2D eigenvalue weighted by Gasteiger charge is -2.05. The zero-order valence-corrected chi connectivity index (χ0v) is 10.6. The molecule has 0 aliphatic heterocycles. The first-order chi connectivity index (χ1) is 8.38. The van der Waals surface area contributed by atoms with Crippen molar-refractivity contribution in [1.82, 2.24) is 0 Å². The van der Waals surface area contributed by atoms with Crippen LogP contribution < -0.4 is 5.32 Å². The minimum atomic E-state index is -2.90. The molecule has 0 spiro atoms. The molecule has 1 atom stereocenters. The van der Waals surface area contributed by atoms with Crippen molar-refractivity contribution in [3.63, 3.8) is 0 Å². The summed E-state index contributed by atoms with van der Waals surface area (Å²) in [5.41, 5.74) is 0.836. The Balaban J connectivity index is 0.000000771. The predicted molar refractivity (Wildman–Crippen MR) is 64.2 cm³/mol. The van der Waals surface area contributed by atoms with Crippen molar-refractivity contribution < 1.29 is 18.0 Å². The predicted octanol–water partition coefficient (Wildman–Crippen LogP) is 3.75. The van der Waals surface area contributed by atoms with Gasteiger partial charge in [0.2, 0.25) is 5.91 Å². The van der Waals surface area contributed by atoms with Gasteiger partial charge in [-0.05, 0) is 30.7 Å². The molecule has 1 N–H and O–H groups in total. The Morgan fingerprint density at radius 3 is 2.33 bits per heavy atom. The van der Waals surface area contributed by atoms with E-state index >= 15 is 0 Å². The molecule has 1 aromatic rings. The summed E-state index contributed by atoms with van der Waals surface area (Å²) in [4.78, 5) is 11.3. The molecule has 2 rings (SSSR count). The van der Waals surface area contributed by atoms with Crippen LogP contribution >= 0.6 is 0 Å². The van der Waals surface area contributed by atoms with Gasteiger partial charge >= 0.3 is 0 Å². The molecule has 1 aliphatic carbocycles.